The number of hydrogen-bond donors (Lipinski definition) is 0. The Morgan fingerprint density at radius 2 is 1.74 bits per heavy atom. The smallest absolute Gasteiger partial charge is 0.230 e. The lowest BCUT2D eigenvalue weighted by atomic mass is 9.51. The molecular formula is C39H50FN3O3. The first-order valence-corrected chi connectivity index (χ1v) is 17.3. The predicted molar refractivity (Wildman–Crippen MR) is 181 cm³/mol. The number of hydrogen-bond acceptors (Lipinski definition) is 4. The number of amides is 1. The molecule has 3 aromatic rings. The van der Waals surface area contributed by atoms with E-state index in [1.165, 1.54) is 11.1 Å². The van der Waals surface area contributed by atoms with Crippen molar-refractivity contribution in [3.8, 4) is 16.9 Å². The normalized spacial score (nSPS) is 25.9. The van der Waals surface area contributed by atoms with Gasteiger partial charge in [0, 0.05) is 42.2 Å². The Hall–Kier alpha value is -3.48. The summed E-state index contributed by atoms with van der Waals surface area (Å²) in [6.07, 6.45) is 13.7. The van der Waals surface area contributed by atoms with Crippen molar-refractivity contribution in [3.05, 3.63) is 65.7 Å². The number of aryl methyl sites for hydroxylation is 1. The molecule has 1 amide bonds. The quantitative estimate of drug-likeness (QED) is 0.225. The third kappa shape index (κ3) is 6.26. The molecular weight excluding hydrogens is 577 g/mol. The largest absolute Gasteiger partial charge is 0.496 e. The van der Waals surface area contributed by atoms with Gasteiger partial charge in [-0.1, -0.05) is 24.3 Å². The molecule has 0 saturated heterocycles. The minimum Gasteiger partial charge on any atom is -0.496 e. The van der Waals surface area contributed by atoms with Gasteiger partial charge in [0.2, 0.25) is 5.91 Å². The van der Waals surface area contributed by atoms with Crippen LogP contribution in [0.25, 0.3) is 11.1 Å². The van der Waals surface area contributed by atoms with Crippen LogP contribution in [0.3, 0.4) is 0 Å². The van der Waals surface area contributed by atoms with Crippen LogP contribution < -0.4 is 9.64 Å². The zero-order valence-electron chi connectivity index (χ0n) is 28.3. The van der Waals surface area contributed by atoms with E-state index in [4.69, 9.17) is 4.74 Å². The second-order valence-electron chi connectivity index (χ2n) is 15.0. The molecule has 46 heavy (non-hydrogen) atoms. The average molecular weight is 628 g/mol. The van der Waals surface area contributed by atoms with E-state index in [1.807, 2.05) is 35.7 Å². The summed E-state index contributed by atoms with van der Waals surface area (Å²) >= 11 is 0. The van der Waals surface area contributed by atoms with Gasteiger partial charge >= 0.3 is 0 Å². The highest BCUT2D eigenvalue weighted by molar-refractivity contribution is 5.96. The second kappa shape index (κ2) is 13.0. The summed E-state index contributed by atoms with van der Waals surface area (Å²) in [7, 11) is 1.72. The Bertz CT molecular complexity index is 1560. The minimum atomic E-state index is -0.351. The molecule has 0 aliphatic heterocycles. The van der Waals surface area contributed by atoms with Crippen LogP contribution in [0.1, 0.15) is 109 Å². The lowest BCUT2D eigenvalue weighted by molar-refractivity contribution is -0.124. The van der Waals surface area contributed by atoms with Crippen LogP contribution in [0.5, 0.6) is 5.75 Å². The molecule has 4 saturated carbocycles. The highest BCUT2D eigenvalue weighted by atomic mass is 19.1. The molecule has 2 aromatic carbocycles. The summed E-state index contributed by atoms with van der Waals surface area (Å²) in [5.74, 6) is 1.02. The maximum atomic E-state index is 16.6. The molecule has 7 heteroatoms. The first-order valence-electron chi connectivity index (χ1n) is 17.3. The zero-order valence-corrected chi connectivity index (χ0v) is 28.3. The maximum Gasteiger partial charge on any atom is 0.230 e. The van der Waals surface area contributed by atoms with Gasteiger partial charge in [0.15, 0.2) is 5.82 Å². The van der Waals surface area contributed by atoms with E-state index < -0.39 is 0 Å². The summed E-state index contributed by atoms with van der Waals surface area (Å²) in [5.41, 5.74) is 4.27. The molecule has 0 N–H and O–H groups in total. The van der Waals surface area contributed by atoms with Crippen molar-refractivity contribution in [2.24, 2.45) is 17.3 Å². The van der Waals surface area contributed by atoms with Gasteiger partial charge in [-0.25, -0.2) is 4.39 Å². The van der Waals surface area contributed by atoms with Crippen LogP contribution >= 0.6 is 0 Å². The zero-order chi connectivity index (χ0) is 32.6. The average Bonchev–Trinajstić information content (AvgIpc) is 3.55. The Kier molecular flexibility index (Phi) is 9.15. The van der Waals surface area contributed by atoms with Gasteiger partial charge in [-0.15, -0.1) is 0 Å². The van der Waals surface area contributed by atoms with Crippen LogP contribution in [0.4, 0.5) is 10.1 Å². The molecule has 4 aliphatic carbocycles. The summed E-state index contributed by atoms with van der Waals surface area (Å²) in [6, 6.07) is 12.3. The second-order valence-corrected chi connectivity index (χ2v) is 15.0. The number of ether oxygens (including phenoxy) is 1. The van der Waals surface area contributed by atoms with Crippen molar-refractivity contribution in [2.75, 3.05) is 18.6 Å². The fourth-order valence-electron chi connectivity index (χ4n) is 8.71. The third-order valence-electron chi connectivity index (χ3n) is 11.7. The number of carbonyl (C=O) groups excluding carboxylic acids is 2. The summed E-state index contributed by atoms with van der Waals surface area (Å²) in [5, 5.41) is 4.45. The van der Waals surface area contributed by atoms with Gasteiger partial charge in [0.1, 0.15) is 11.5 Å². The van der Waals surface area contributed by atoms with E-state index in [0.717, 1.165) is 75.5 Å². The molecule has 0 unspecified atom stereocenters. The highest BCUT2D eigenvalue weighted by Gasteiger charge is 2.51. The number of carbonyl (C=O) groups is 2. The van der Waals surface area contributed by atoms with Gasteiger partial charge < -0.3 is 14.4 Å². The number of fused-ring (bicyclic) bond motifs is 3. The number of aromatic nitrogens is 2. The molecule has 1 aromatic heterocycles. The van der Waals surface area contributed by atoms with Crippen LogP contribution in [0, 0.1) is 30.0 Å². The van der Waals surface area contributed by atoms with E-state index in [-0.39, 0.29) is 40.3 Å². The molecule has 246 valence electrons. The number of methoxy groups -OCH3 is 1. The molecule has 0 atom stereocenters. The van der Waals surface area contributed by atoms with Crippen molar-refractivity contribution in [3.63, 3.8) is 0 Å². The predicted octanol–water partition coefficient (Wildman–Crippen LogP) is 9.00. The lowest BCUT2D eigenvalue weighted by Gasteiger charge is -2.55. The van der Waals surface area contributed by atoms with E-state index in [1.54, 1.807) is 32.4 Å². The van der Waals surface area contributed by atoms with Crippen LogP contribution in [-0.4, -0.2) is 35.1 Å². The van der Waals surface area contributed by atoms with E-state index in [9.17, 15) is 9.59 Å². The molecule has 4 aliphatic rings. The van der Waals surface area contributed by atoms with Gasteiger partial charge in [-0.2, -0.15) is 5.10 Å². The first kappa shape index (κ1) is 32.5. The fraction of sp³-hybridized carbons (Fsp3) is 0.564. The summed E-state index contributed by atoms with van der Waals surface area (Å²) in [4.78, 5) is 28.1. The Morgan fingerprint density at radius 1 is 1.04 bits per heavy atom. The Balaban J connectivity index is 1.28. The maximum absolute atomic E-state index is 16.6. The van der Waals surface area contributed by atoms with Crippen molar-refractivity contribution in [2.45, 2.75) is 110 Å². The number of benzene rings is 2. The molecule has 7 rings (SSSR count). The molecule has 0 spiro atoms. The van der Waals surface area contributed by atoms with Gasteiger partial charge in [-0.05, 0) is 132 Å². The molecule has 4 fully saturated rings. The molecule has 0 radical (unpaired) electrons. The van der Waals surface area contributed by atoms with Crippen LogP contribution in [0.15, 0.2) is 48.8 Å². The monoisotopic (exact) mass is 627 g/mol. The summed E-state index contributed by atoms with van der Waals surface area (Å²) < 4.78 is 24.0. The van der Waals surface area contributed by atoms with E-state index >= 15 is 4.39 Å². The van der Waals surface area contributed by atoms with E-state index in [2.05, 4.69) is 30.2 Å². The third-order valence-corrected chi connectivity index (χ3v) is 11.7. The fourth-order valence-corrected chi connectivity index (χ4v) is 8.71. The first-order chi connectivity index (χ1) is 22.0. The topological polar surface area (TPSA) is 64.4 Å². The highest BCUT2D eigenvalue weighted by Crippen LogP contribution is 2.58. The molecule has 1 heterocycles. The van der Waals surface area contributed by atoms with Crippen molar-refractivity contribution in [1.82, 2.24) is 9.78 Å². The standard InChI is InChI=1S/C39H50FN3O3/c1-26(2)43-24-31(23-41-43)33-7-6-8-34(36(33)40)42(37(45)30-11-9-29(10-12-30)22-28(4)44)25-38-15-18-39(19-16-38,20-17-38)32-13-14-35(46-5)27(3)21-32/h6-8,13-14,21,23-24,26,29-30H,9-12,15-20,22,25H2,1-5H3. The Morgan fingerprint density at radius 3 is 2.33 bits per heavy atom. The van der Waals surface area contributed by atoms with Crippen molar-refractivity contribution < 1.29 is 18.7 Å². The van der Waals surface area contributed by atoms with Crippen LogP contribution in [-0.2, 0) is 15.0 Å². The number of ketones is 1. The SMILES string of the molecule is COc1ccc(C23CCC(CN(C(=O)C4CCC(CC(C)=O)CC4)c4cccc(-c5cnn(C(C)C)c5)c4F)(CC2)CC3)cc1C. The van der Waals surface area contributed by atoms with Crippen molar-refractivity contribution in [1.29, 1.82) is 0 Å². The Labute approximate surface area is 273 Å². The number of nitrogens with zero attached hydrogens (tertiary/aromatic N) is 3. The lowest BCUT2D eigenvalue weighted by Crippen LogP contribution is -2.52. The number of halogens is 1. The number of rotatable bonds is 10. The molecule has 2 bridgehead atoms. The molecule has 6 nitrogen and oxygen atoms in total. The van der Waals surface area contributed by atoms with Gasteiger partial charge in [0.05, 0.1) is 19.0 Å². The van der Waals surface area contributed by atoms with Gasteiger partial charge in [-0.3, -0.25) is 9.48 Å². The number of anilines is 1. The number of Topliss-reactive ketones (excluding diaryl/α,β-unsaturated/α-hetero) is 1. The summed E-state index contributed by atoms with van der Waals surface area (Å²) in [6.45, 7) is 8.41. The van der Waals surface area contributed by atoms with Crippen LogP contribution in [0.2, 0.25) is 0 Å². The van der Waals surface area contributed by atoms with Gasteiger partial charge in [0.25, 0.3) is 0 Å². The van der Waals surface area contributed by atoms with Crippen molar-refractivity contribution >= 4 is 17.4 Å². The van der Waals surface area contributed by atoms with E-state index in [0.29, 0.717) is 30.1 Å². The minimum absolute atomic E-state index is 0.0320.